The van der Waals surface area contributed by atoms with E-state index in [1.807, 2.05) is 31.2 Å². The quantitative estimate of drug-likeness (QED) is 0.665. The fraction of sp³-hybridized carbons (Fsp3) is 0.231. The van der Waals surface area contributed by atoms with Gasteiger partial charge in [0.25, 0.3) is 0 Å². The van der Waals surface area contributed by atoms with E-state index in [0.717, 1.165) is 5.56 Å². The summed E-state index contributed by atoms with van der Waals surface area (Å²) in [7, 11) is 1.79. The van der Waals surface area contributed by atoms with E-state index in [-0.39, 0.29) is 11.9 Å². The highest BCUT2D eigenvalue weighted by atomic mass is 16.6. The van der Waals surface area contributed by atoms with Crippen LogP contribution in [0.3, 0.4) is 0 Å². The van der Waals surface area contributed by atoms with E-state index in [0.29, 0.717) is 5.76 Å². The maximum absolute atomic E-state index is 10.6. The predicted octanol–water partition coefficient (Wildman–Crippen LogP) is 2.81. The zero-order chi connectivity index (χ0) is 13.1. The smallest absolute Gasteiger partial charge is 0.404 e. The second-order valence-electron chi connectivity index (χ2n) is 4.07. The molecule has 5 nitrogen and oxygen atoms in total. The second-order valence-corrected chi connectivity index (χ2v) is 4.07. The van der Waals surface area contributed by atoms with Gasteiger partial charge >= 0.3 is 5.88 Å². The predicted molar refractivity (Wildman–Crippen MR) is 67.4 cm³/mol. The molecular formula is C13H14N2O3. The van der Waals surface area contributed by atoms with Crippen LogP contribution in [0.1, 0.15) is 22.9 Å². The van der Waals surface area contributed by atoms with Crippen molar-refractivity contribution in [3.05, 3.63) is 63.4 Å². The summed E-state index contributed by atoms with van der Waals surface area (Å²) in [5, 5.41) is 13.7. The minimum atomic E-state index is -0.536. The molecule has 1 atom stereocenters. The Morgan fingerprint density at radius 3 is 2.39 bits per heavy atom. The molecule has 0 aliphatic carbocycles. The number of nitro groups is 1. The Labute approximate surface area is 105 Å². The van der Waals surface area contributed by atoms with Crippen LogP contribution in [0.5, 0.6) is 0 Å². The van der Waals surface area contributed by atoms with E-state index < -0.39 is 4.92 Å². The molecule has 0 aliphatic heterocycles. The Bertz CT molecular complexity index is 546. The lowest BCUT2D eigenvalue weighted by atomic mass is 10.0. The van der Waals surface area contributed by atoms with Gasteiger partial charge in [-0.05, 0) is 25.6 Å². The van der Waals surface area contributed by atoms with Crippen molar-refractivity contribution in [2.75, 3.05) is 7.05 Å². The maximum atomic E-state index is 10.6. The normalized spacial score (nSPS) is 12.3. The molecule has 1 aromatic heterocycles. The van der Waals surface area contributed by atoms with Crippen LogP contribution in [0.4, 0.5) is 5.88 Å². The molecule has 5 heteroatoms. The zero-order valence-corrected chi connectivity index (χ0v) is 10.2. The summed E-state index contributed by atoms with van der Waals surface area (Å²) < 4.78 is 5.22. The molecule has 1 aromatic carbocycles. The van der Waals surface area contributed by atoms with Crippen LogP contribution >= 0.6 is 0 Å². The lowest BCUT2D eigenvalue weighted by Gasteiger charge is -2.13. The zero-order valence-electron chi connectivity index (χ0n) is 10.2. The SMILES string of the molecule is CNC(c1ccc(C)cc1)c1ccc([N+](=O)[O-])o1. The molecule has 0 saturated carbocycles. The molecule has 1 heterocycles. The Kier molecular flexibility index (Phi) is 3.43. The van der Waals surface area contributed by atoms with Gasteiger partial charge in [-0.25, -0.2) is 0 Å². The third-order valence-corrected chi connectivity index (χ3v) is 2.78. The molecule has 1 unspecified atom stereocenters. The van der Waals surface area contributed by atoms with Crippen LogP contribution in [-0.4, -0.2) is 12.0 Å². The van der Waals surface area contributed by atoms with Crippen molar-refractivity contribution in [3.63, 3.8) is 0 Å². The van der Waals surface area contributed by atoms with Crippen molar-refractivity contribution in [2.24, 2.45) is 0 Å². The van der Waals surface area contributed by atoms with Crippen molar-refractivity contribution < 1.29 is 9.34 Å². The number of rotatable bonds is 4. The van der Waals surface area contributed by atoms with Gasteiger partial charge in [0.05, 0.1) is 12.1 Å². The number of aryl methyl sites for hydroxylation is 1. The van der Waals surface area contributed by atoms with Gasteiger partial charge in [-0.3, -0.25) is 10.1 Å². The van der Waals surface area contributed by atoms with E-state index in [4.69, 9.17) is 4.42 Å². The molecule has 2 aromatic rings. The van der Waals surface area contributed by atoms with E-state index in [2.05, 4.69) is 5.32 Å². The summed E-state index contributed by atoms with van der Waals surface area (Å²) in [4.78, 5) is 10.1. The average Bonchev–Trinajstić information content (AvgIpc) is 2.82. The van der Waals surface area contributed by atoms with Gasteiger partial charge in [0.15, 0.2) is 0 Å². The van der Waals surface area contributed by atoms with Gasteiger partial charge in [0, 0.05) is 0 Å². The van der Waals surface area contributed by atoms with Gasteiger partial charge in [0.2, 0.25) is 0 Å². The topological polar surface area (TPSA) is 68.3 Å². The van der Waals surface area contributed by atoms with E-state index in [9.17, 15) is 10.1 Å². The summed E-state index contributed by atoms with van der Waals surface area (Å²) in [6.45, 7) is 2.01. The fourth-order valence-corrected chi connectivity index (χ4v) is 1.83. The average molecular weight is 246 g/mol. The highest BCUT2D eigenvalue weighted by Crippen LogP contribution is 2.26. The van der Waals surface area contributed by atoms with Crippen LogP contribution in [0, 0.1) is 17.0 Å². The minimum absolute atomic E-state index is 0.181. The molecule has 18 heavy (non-hydrogen) atoms. The van der Waals surface area contributed by atoms with Gasteiger partial charge in [-0.15, -0.1) is 0 Å². The standard InChI is InChI=1S/C13H14N2O3/c1-9-3-5-10(6-4-9)13(14-2)11-7-8-12(18-11)15(16)17/h3-8,13-14H,1-2H3. The summed E-state index contributed by atoms with van der Waals surface area (Å²) in [6, 6.07) is 10.8. The van der Waals surface area contributed by atoms with Crippen LogP contribution in [-0.2, 0) is 0 Å². The van der Waals surface area contributed by atoms with Gasteiger partial charge in [-0.1, -0.05) is 29.8 Å². The number of benzene rings is 1. The summed E-state index contributed by atoms with van der Waals surface area (Å²) >= 11 is 0. The molecule has 0 aliphatic rings. The van der Waals surface area contributed by atoms with Crippen molar-refractivity contribution >= 4 is 5.88 Å². The van der Waals surface area contributed by atoms with E-state index >= 15 is 0 Å². The van der Waals surface area contributed by atoms with Crippen molar-refractivity contribution in [1.82, 2.24) is 5.32 Å². The van der Waals surface area contributed by atoms with Crippen LogP contribution < -0.4 is 5.32 Å². The monoisotopic (exact) mass is 246 g/mol. The minimum Gasteiger partial charge on any atom is -0.404 e. The van der Waals surface area contributed by atoms with Crippen LogP contribution in [0.2, 0.25) is 0 Å². The van der Waals surface area contributed by atoms with E-state index in [1.165, 1.54) is 11.6 Å². The van der Waals surface area contributed by atoms with E-state index in [1.54, 1.807) is 13.1 Å². The second kappa shape index (κ2) is 5.01. The highest BCUT2D eigenvalue weighted by molar-refractivity contribution is 5.31. The summed E-state index contributed by atoms with van der Waals surface area (Å²) in [6.07, 6.45) is 0. The molecule has 0 amide bonds. The number of hydrogen-bond acceptors (Lipinski definition) is 4. The largest absolute Gasteiger partial charge is 0.433 e. The number of nitrogens with one attached hydrogen (secondary N) is 1. The van der Waals surface area contributed by atoms with Crippen molar-refractivity contribution in [3.8, 4) is 0 Å². The number of furan rings is 1. The third-order valence-electron chi connectivity index (χ3n) is 2.78. The van der Waals surface area contributed by atoms with Gasteiger partial charge in [-0.2, -0.15) is 0 Å². The Balaban J connectivity index is 2.32. The first-order chi connectivity index (χ1) is 8.61. The molecule has 2 rings (SSSR count). The first kappa shape index (κ1) is 12.3. The Morgan fingerprint density at radius 1 is 1.22 bits per heavy atom. The molecule has 94 valence electrons. The molecule has 0 spiro atoms. The molecule has 0 bridgehead atoms. The first-order valence-corrected chi connectivity index (χ1v) is 5.60. The van der Waals surface area contributed by atoms with Crippen LogP contribution in [0.15, 0.2) is 40.8 Å². The van der Waals surface area contributed by atoms with Crippen molar-refractivity contribution in [2.45, 2.75) is 13.0 Å². The van der Waals surface area contributed by atoms with Gasteiger partial charge < -0.3 is 9.73 Å². The lowest BCUT2D eigenvalue weighted by molar-refractivity contribution is -0.402. The Morgan fingerprint density at radius 2 is 1.89 bits per heavy atom. The molecule has 0 saturated heterocycles. The molecule has 1 N–H and O–H groups in total. The van der Waals surface area contributed by atoms with Gasteiger partial charge in [0.1, 0.15) is 10.7 Å². The number of nitrogens with zero attached hydrogens (tertiary/aromatic N) is 1. The Hall–Kier alpha value is -2.14. The third kappa shape index (κ3) is 2.41. The summed E-state index contributed by atoms with van der Waals surface area (Å²) in [5.41, 5.74) is 2.17. The van der Waals surface area contributed by atoms with Crippen LogP contribution in [0.25, 0.3) is 0 Å². The highest BCUT2D eigenvalue weighted by Gasteiger charge is 2.19. The maximum Gasteiger partial charge on any atom is 0.433 e. The molecular weight excluding hydrogens is 232 g/mol. The fourth-order valence-electron chi connectivity index (χ4n) is 1.83. The molecule has 0 fully saturated rings. The molecule has 0 radical (unpaired) electrons. The first-order valence-electron chi connectivity index (χ1n) is 5.60. The van der Waals surface area contributed by atoms with Crippen molar-refractivity contribution in [1.29, 1.82) is 0 Å². The number of hydrogen-bond donors (Lipinski definition) is 1. The lowest BCUT2D eigenvalue weighted by Crippen LogP contribution is -2.16. The summed E-state index contributed by atoms with van der Waals surface area (Å²) in [5.74, 6) is 0.297.